The molecule has 0 aliphatic heterocycles. The van der Waals surface area contributed by atoms with Crippen molar-refractivity contribution in [1.29, 1.82) is 0 Å². The van der Waals surface area contributed by atoms with Crippen LogP contribution in [0.2, 0.25) is 0 Å². The van der Waals surface area contributed by atoms with Crippen molar-refractivity contribution in [1.82, 2.24) is 5.32 Å². The van der Waals surface area contributed by atoms with Crippen LogP contribution in [0, 0.1) is 0 Å². The Morgan fingerprint density at radius 3 is 2.86 bits per heavy atom. The van der Waals surface area contributed by atoms with Crippen molar-refractivity contribution in [2.24, 2.45) is 0 Å². The summed E-state index contributed by atoms with van der Waals surface area (Å²) in [5.74, 6) is 0. The van der Waals surface area contributed by atoms with Crippen molar-refractivity contribution in [3.63, 3.8) is 0 Å². The normalized spacial score (nSPS) is 32.4. The van der Waals surface area contributed by atoms with E-state index in [9.17, 15) is 0 Å². The molecule has 14 heavy (non-hydrogen) atoms. The van der Waals surface area contributed by atoms with Crippen molar-refractivity contribution >= 4 is 27.3 Å². The van der Waals surface area contributed by atoms with Crippen molar-refractivity contribution < 1.29 is 0 Å². The lowest BCUT2D eigenvalue weighted by molar-refractivity contribution is 0.466. The summed E-state index contributed by atoms with van der Waals surface area (Å²) >= 11 is 5.44. The standard InChI is InChI=1S/C11H16BrNS/c1-11(4-3-8(5-11)13-2)9-6-14-7-10(9)12/h6-8,13H,3-5H2,1-2H3. The maximum Gasteiger partial charge on any atom is 0.0319 e. The SMILES string of the molecule is CNC1CCC(C)(c2cscc2Br)C1. The van der Waals surface area contributed by atoms with Gasteiger partial charge < -0.3 is 5.32 Å². The fourth-order valence-corrected chi connectivity index (χ4v) is 4.37. The third-order valence-electron chi connectivity index (χ3n) is 3.41. The first-order valence-corrected chi connectivity index (χ1v) is 6.79. The average Bonchev–Trinajstić information content (AvgIpc) is 2.73. The minimum Gasteiger partial charge on any atom is -0.317 e. The van der Waals surface area contributed by atoms with Gasteiger partial charge in [-0.05, 0) is 58.6 Å². The van der Waals surface area contributed by atoms with Gasteiger partial charge in [0, 0.05) is 15.9 Å². The van der Waals surface area contributed by atoms with E-state index in [0.29, 0.717) is 11.5 Å². The van der Waals surface area contributed by atoms with E-state index in [1.165, 1.54) is 29.3 Å². The van der Waals surface area contributed by atoms with Crippen LogP contribution in [0.4, 0.5) is 0 Å². The van der Waals surface area contributed by atoms with E-state index in [1.54, 1.807) is 11.3 Å². The average molecular weight is 274 g/mol. The molecule has 1 saturated carbocycles. The summed E-state index contributed by atoms with van der Waals surface area (Å²) in [5.41, 5.74) is 1.88. The molecule has 1 aromatic heterocycles. The van der Waals surface area contributed by atoms with Crippen LogP contribution in [0.5, 0.6) is 0 Å². The second-order valence-corrected chi connectivity index (χ2v) is 6.02. The van der Waals surface area contributed by atoms with Crippen LogP contribution in [0.15, 0.2) is 15.2 Å². The first-order valence-electron chi connectivity index (χ1n) is 5.05. The predicted octanol–water partition coefficient (Wildman–Crippen LogP) is 3.54. The number of nitrogens with one attached hydrogen (secondary N) is 1. The van der Waals surface area contributed by atoms with Crippen LogP contribution in [0.25, 0.3) is 0 Å². The topological polar surface area (TPSA) is 12.0 Å². The van der Waals surface area contributed by atoms with Gasteiger partial charge in [0.15, 0.2) is 0 Å². The zero-order valence-electron chi connectivity index (χ0n) is 8.64. The van der Waals surface area contributed by atoms with Crippen LogP contribution in [-0.2, 0) is 5.41 Å². The van der Waals surface area contributed by atoms with Gasteiger partial charge in [0.25, 0.3) is 0 Å². The molecule has 1 aromatic rings. The van der Waals surface area contributed by atoms with Gasteiger partial charge in [0.05, 0.1) is 0 Å². The molecule has 0 bridgehead atoms. The molecule has 1 heterocycles. The molecule has 78 valence electrons. The minimum atomic E-state index is 0.381. The second kappa shape index (κ2) is 3.95. The Morgan fingerprint density at radius 2 is 2.36 bits per heavy atom. The number of halogens is 1. The van der Waals surface area contributed by atoms with Gasteiger partial charge in [0.1, 0.15) is 0 Å². The van der Waals surface area contributed by atoms with Crippen molar-refractivity contribution in [2.45, 2.75) is 37.6 Å². The Morgan fingerprint density at radius 1 is 1.57 bits per heavy atom. The second-order valence-electron chi connectivity index (χ2n) is 4.42. The van der Waals surface area contributed by atoms with Gasteiger partial charge in [-0.25, -0.2) is 0 Å². The van der Waals surface area contributed by atoms with E-state index in [4.69, 9.17) is 0 Å². The van der Waals surface area contributed by atoms with E-state index >= 15 is 0 Å². The summed E-state index contributed by atoms with van der Waals surface area (Å²) in [6.07, 6.45) is 3.86. The highest BCUT2D eigenvalue weighted by Gasteiger charge is 2.37. The molecule has 0 saturated heterocycles. The summed E-state index contributed by atoms with van der Waals surface area (Å²) in [6.45, 7) is 2.39. The van der Waals surface area contributed by atoms with Crippen LogP contribution in [-0.4, -0.2) is 13.1 Å². The van der Waals surface area contributed by atoms with E-state index in [2.05, 4.69) is 46.0 Å². The molecule has 0 radical (unpaired) electrons. The molecular weight excluding hydrogens is 258 g/mol. The Labute approximate surface area is 98.0 Å². The van der Waals surface area contributed by atoms with Crippen LogP contribution < -0.4 is 5.32 Å². The summed E-state index contributed by atoms with van der Waals surface area (Å²) in [4.78, 5) is 0. The summed E-state index contributed by atoms with van der Waals surface area (Å²) in [5, 5.41) is 7.87. The molecule has 3 heteroatoms. The first-order chi connectivity index (χ1) is 6.65. The fourth-order valence-electron chi connectivity index (χ4n) is 2.44. The Balaban J connectivity index is 2.22. The molecule has 2 atom stereocenters. The third-order valence-corrected chi connectivity index (χ3v) is 5.12. The Kier molecular flexibility index (Phi) is 3.01. The molecule has 1 aliphatic rings. The van der Waals surface area contributed by atoms with Crippen molar-refractivity contribution in [3.05, 3.63) is 20.8 Å². The highest BCUT2D eigenvalue weighted by Crippen LogP contribution is 2.44. The van der Waals surface area contributed by atoms with Gasteiger partial charge in [-0.15, -0.1) is 0 Å². The molecule has 1 N–H and O–H groups in total. The maximum atomic E-state index is 3.64. The molecule has 0 amide bonds. The van der Waals surface area contributed by atoms with E-state index in [0.717, 1.165) is 0 Å². The summed E-state index contributed by atoms with van der Waals surface area (Å²) in [6, 6.07) is 0.701. The van der Waals surface area contributed by atoms with Crippen LogP contribution >= 0.6 is 27.3 Å². The van der Waals surface area contributed by atoms with Gasteiger partial charge in [-0.1, -0.05) is 6.92 Å². The van der Waals surface area contributed by atoms with E-state index < -0.39 is 0 Å². The Hall–Kier alpha value is 0.140. The van der Waals surface area contributed by atoms with Crippen molar-refractivity contribution in [3.8, 4) is 0 Å². The number of hydrogen-bond donors (Lipinski definition) is 1. The number of rotatable bonds is 2. The summed E-state index contributed by atoms with van der Waals surface area (Å²) < 4.78 is 1.29. The quantitative estimate of drug-likeness (QED) is 0.869. The van der Waals surface area contributed by atoms with Gasteiger partial charge in [-0.2, -0.15) is 11.3 Å². The minimum absolute atomic E-state index is 0.381. The highest BCUT2D eigenvalue weighted by molar-refractivity contribution is 9.10. The molecule has 0 spiro atoms. The molecule has 1 nitrogen and oxygen atoms in total. The Bertz CT molecular complexity index is 323. The zero-order valence-corrected chi connectivity index (χ0v) is 11.0. The smallest absolute Gasteiger partial charge is 0.0319 e. The van der Waals surface area contributed by atoms with Gasteiger partial charge >= 0.3 is 0 Å². The lowest BCUT2D eigenvalue weighted by Crippen LogP contribution is -2.25. The monoisotopic (exact) mass is 273 g/mol. The molecule has 1 aliphatic carbocycles. The fraction of sp³-hybridized carbons (Fsp3) is 0.636. The van der Waals surface area contributed by atoms with Crippen molar-refractivity contribution in [2.75, 3.05) is 7.05 Å². The highest BCUT2D eigenvalue weighted by atomic mass is 79.9. The van der Waals surface area contributed by atoms with Gasteiger partial charge in [0.2, 0.25) is 0 Å². The molecule has 2 rings (SSSR count). The molecule has 2 unspecified atom stereocenters. The van der Waals surface area contributed by atoms with Crippen LogP contribution in [0.3, 0.4) is 0 Å². The zero-order chi connectivity index (χ0) is 10.2. The lowest BCUT2D eigenvalue weighted by atomic mass is 9.82. The lowest BCUT2D eigenvalue weighted by Gasteiger charge is -2.24. The molecule has 1 fully saturated rings. The number of thiophene rings is 1. The van der Waals surface area contributed by atoms with Crippen LogP contribution in [0.1, 0.15) is 31.7 Å². The first kappa shape index (κ1) is 10.7. The number of hydrogen-bond acceptors (Lipinski definition) is 2. The largest absolute Gasteiger partial charge is 0.317 e. The van der Waals surface area contributed by atoms with E-state index in [1.807, 2.05) is 0 Å². The van der Waals surface area contributed by atoms with Gasteiger partial charge in [-0.3, -0.25) is 0 Å². The van der Waals surface area contributed by atoms with E-state index in [-0.39, 0.29) is 0 Å². The maximum absolute atomic E-state index is 3.64. The molecular formula is C11H16BrNS. The predicted molar refractivity (Wildman–Crippen MR) is 66.1 cm³/mol. The summed E-state index contributed by atoms with van der Waals surface area (Å²) in [7, 11) is 2.07. The molecule has 0 aromatic carbocycles. The third kappa shape index (κ3) is 1.77.